The van der Waals surface area contributed by atoms with Crippen molar-refractivity contribution in [2.45, 2.75) is 33.6 Å². The van der Waals surface area contributed by atoms with Crippen LogP contribution in [-0.4, -0.2) is 6.29 Å². The van der Waals surface area contributed by atoms with Gasteiger partial charge in [0.25, 0.3) is 0 Å². The van der Waals surface area contributed by atoms with Gasteiger partial charge in [0.1, 0.15) is 6.29 Å². The zero-order valence-electron chi connectivity index (χ0n) is 9.42. The fourth-order valence-corrected chi connectivity index (χ4v) is 2.68. The molecule has 3 atom stereocenters. The van der Waals surface area contributed by atoms with E-state index in [2.05, 4.69) is 33.4 Å². The van der Waals surface area contributed by atoms with Crippen molar-refractivity contribution in [1.29, 1.82) is 0 Å². The maximum absolute atomic E-state index is 11.3. The molecule has 0 heterocycles. The molecule has 0 bridgehead atoms. The molecule has 0 aromatic carbocycles. The second-order valence-corrected chi connectivity index (χ2v) is 4.63. The van der Waals surface area contributed by atoms with Gasteiger partial charge < -0.3 is 4.79 Å². The Balaban J connectivity index is 3.04. The first-order chi connectivity index (χ1) is 6.56. The van der Waals surface area contributed by atoms with Gasteiger partial charge in [0.05, 0.1) is 0 Å². The molecule has 1 heteroatoms. The van der Waals surface area contributed by atoms with Gasteiger partial charge in [-0.15, -0.1) is 6.58 Å². The van der Waals surface area contributed by atoms with Crippen LogP contribution >= 0.6 is 0 Å². The van der Waals surface area contributed by atoms with Crippen molar-refractivity contribution < 1.29 is 4.79 Å². The lowest BCUT2D eigenvalue weighted by Crippen LogP contribution is -2.38. The normalized spacial score (nSPS) is 37.5. The Hall–Kier alpha value is -0.850. The van der Waals surface area contributed by atoms with E-state index >= 15 is 0 Å². The lowest BCUT2D eigenvalue weighted by atomic mass is 9.61. The standard InChI is InChI=1S/C13H20O/c1-5-6-13(9-14)11(3)7-10(2)8-12(13)4/h5,7,9,11-12H,1,6,8H2,2-4H3. The van der Waals surface area contributed by atoms with Crippen LogP contribution < -0.4 is 0 Å². The predicted molar refractivity (Wildman–Crippen MR) is 60.0 cm³/mol. The zero-order valence-corrected chi connectivity index (χ0v) is 9.42. The van der Waals surface area contributed by atoms with E-state index in [0.717, 1.165) is 19.1 Å². The summed E-state index contributed by atoms with van der Waals surface area (Å²) in [6.45, 7) is 10.2. The summed E-state index contributed by atoms with van der Waals surface area (Å²) in [5, 5.41) is 0. The summed E-state index contributed by atoms with van der Waals surface area (Å²) >= 11 is 0. The van der Waals surface area contributed by atoms with Crippen LogP contribution in [0.25, 0.3) is 0 Å². The number of aldehydes is 1. The Morgan fingerprint density at radius 1 is 1.64 bits per heavy atom. The molecular formula is C13H20O. The summed E-state index contributed by atoms with van der Waals surface area (Å²) in [6.07, 6.45) is 7.08. The molecule has 1 aliphatic rings. The van der Waals surface area contributed by atoms with Gasteiger partial charge in [0.15, 0.2) is 0 Å². The second-order valence-electron chi connectivity index (χ2n) is 4.63. The Labute approximate surface area is 86.9 Å². The van der Waals surface area contributed by atoms with E-state index in [4.69, 9.17) is 0 Å². The summed E-state index contributed by atoms with van der Waals surface area (Å²) in [5.74, 6) is 0.764. The highest BCUT2D eigenvalue weighted by Gasteiger charge is 2.41. The molecule has 0 N–H and O–H groups in total. The Kier molecular flexibility index (Phi) is 3.30. The summed E-state index contributed by atoms with van der Waals surface area (Å²) in [7, 11) is 0. The number of hydrogen-bond acceptors (Lipinski definition) is 1. The van der Waals surface area contributed by atoms with Crippen molar-refractivity contribution in [2.24, 2.45) is 17.3 Å². The summed E-state index contributed by atoms with van der Waals surface area (Å²) < 4.78 is 0. The number of hydrogen-bond donors (Lipinski definition) is 0. The summed E-state index contributed by atoms with van der Waals surface area (Å²) in [5.41, 5.74) is 1.20. The van der Waals surface area contributed by atoms with E-state index in [9.17, 15) is 4.79 Å². The molecule has 0 saturated heterocycles. The molecule has 0 radical (unpaired) electrons. The first-order valence-electron chi connectivity index (χ1n) is 5.31. The minimum Gasteiger partial charge on any atom is -0.303 e. The topological polar surface area (TPSA) is 17.1 Å². The third-order valence-corrected chi connectivity index (χ3v) is 3.65. The van der Waals surface area contributed by atoms with Crippen molar-refractivity contribution in [1.82, 2.24) is 0 Å². The van der Waals surface area contributed by atoms with Crippen molar-refractivity contribution >= 4 is 6.29 Å². The molecule has 0 spiro atoms. The molecule has 3 unspecified atom stereocenters. The first kappa shape index (κ1) is 11.2. The van der Waals surface area contributed by atoms with E-state index in [-0.39, 0.29) is 5.41 Å². The highest BCUT2D eigenvalue weighted by atomic mass is 16.1. The summed E-state index contributed by atoms with van der Waals surface area (Å²) in [4.78, 5) is 11.3. The van der Waals surface area contributed by atoms with Gasteiger partial charge in [-0.3, -0.25) is 0 Å². The molecule has 1 nitrogen and oxygen atoms in total. The zero-order chi connectivity index (χ0) is 10.8. The second kappa shape index (κ2) is 4.12. The largest absolute Gasteiger partial charge is 0.303 e. The van der Waals surface area contributed by atoms with E-state index in [1.807, 2.05) is 6.08 Å². The monoisotopic (exact) mass is 192 g/mol. The lowest BCUT2D eigenvalue weighted by Gasteiger charge is -2.41. The molecule has 0 aliphatic heterocycles. The minimum absolute atomic E-state index is 0.207. The lowest BCUT2D eigenvalue weighted by molar-refractivity contribution is -0.121. The van der Waals surface area contributed by atoms with Gasteiger partial charge in [-0.25, -0.2) is 0 Å². The molecule has 78 valence electrons. The van der Waals surface area contributed by atoms with Crippen molar-refractivity contribution in [3.05, 3.63) is 24.3 Å². The fraction of sp³-hybridized carbons (Fsp3) is 0.615. The predicted octanol–water partition coefficient (Wildman–Crippen LogP) is 3.37. The van der Waals surface area contributed by atoms with Crippen LogP contribution in [0.5, 0.6) is 0 Å². The molecule has 0 amide bonds. The van der Waals surface area contributed by atoms with Crippen LogP contribution in [0.4, 0.5) is 0 Å². The van der Waals surface area contributed by atoms with E-state index in [1.54, 1.807) is 0 Å². The molecular weight excluding hydrogens is 172 g/mol. The SMILES string of the molecule is C=CCC1(C=O)C(C)C=C(C)CC1C. The number of carbonyl (C=O) groups is 1. The van der Waals surface area contributed by atoms with Gasteiger partial charge in [-0.2, -0.15) is 0 Å². The number of carbonyl (C=O) groups excluding carboxylic acids is 1. The van der Waals surface area contributed by atoms with Crippen molar-refractivity contribution in [3.63, 3.8) is 0 Å². The van der Waals surface area contributed by atoms with Crippen LogP contribution in [0.15, 0.2) is 24.3 Å². The highest BCUT2D eigenvalue weighted by Crippen LogP contribution is 2.45. The van der Waals surface area contributed by atoms with Crippen LogP contribution in [-0.2, 0) is 4.79 Å². The average molecular weight is 192 g/mol. The van der Waals surface area contributed by atoms with Gasteiger partial charge in [0, 0.05) is 5.41 Å². The van der Waals surface area contributed by atoms with Crippen LogP contribution in [0, 0.1) is 17.3 Å². The number of rotatable bonds is 3. The maximum Gasteiger partial charge on any atom is 0.127 e. The van der Waals surface area contributed by atoms with Crippen LogP contribution in [0.2, 0.25) is 0 Å². The average Bonchev–Trinajstić information content (AvgIpc) is 2.11. The van der Waals surface area contributed by atoms with Gasteiger partial charge >= 0.3 is 0 Å². The Morgan fingerprint density at radius 3 is 2.71 bits per heavy atom. The molecule has 0 fully saturated rings. The van der Waals surface area contributed by atoms with Gasteiger partial charge in [-0.1, -0.05) is 31.6 Å². The minimum atomic E-state index is -0.207. The number of allylic oxidation sites excluding steroid dienone is 3. The van der Waals surface area contributed by atoms with Gasteiger partial charge in [-0.05, 0) is 31.6 Å². The fourth-order valence-electron chi connectivity index (χ4n) is 2.68. The summed E-state index contributed by atoms with van der Waals surface area (Å²) in [6, 6.07) is 0. The smallest absolute Gasteiger partial charge is 0.127 e. The van der Waals surface area contributed by atoms with Crippen LogP contribution in [0.1, 0.15) is 33.6 Å². The maximum atomic E-state index is 11.3. The third kappa shape index (κ3) is 1.68. The van der Waals surface area contributed by atoms with Crippen molar-refractivity contribution in [2.75, 3.05) is 0 Å². The van der Waals surface area contributed by atoms with E-state index in [1.165, 1.54) is 5.57 Å². The molecule has 14 heavy (non-hydrogen) atoms. The first-order valence-corrected chi connectivity index (χ1v) is 5.31. The Morgan fingerprint density at radius 2 is 2.29 bits per heavy atom. The Bertz CT molecular complexity index is 264. The molecule has 0 saturated carbocycles. The quantitative estimate of drug-likeness (QED) is 0.495. The van der Waals surface area contributed by atoms with E-state index < -0.39 is 0 Å². The molecule has 1 rings (SSSR count). The highest BCUT2D eigenvalue weighted by molar-refractivity contribution is 5.62. The van der Waals surface area contributed by atoms with Crippen molar-refractivity contribution in [3.8, 4) is 0 Å². The third-order valence-electron chi connectivity index (χ3n) is 3.65. The molecule has 0 aromatic heterocycles. The van der Waals surface area contributed by atoms with E-state index in [0.29, 0.717) is 11.8 Å². The van der Waals surface area contributed by atoms with Gasteiger partial charge in [0.2, 0.25) is 0 Å². The molecule has 1 aliphatic carbocycles. The van der Waals surface area contributed by atoms with Crippen LogP contribution in [0.3, 0.4) is 0 Å². The molecule has 0 aromatic rings.